The van der Waals surface area contributed by atoms with E-state index in [2.05, 4.69) is 15.3 Å². The number of hydrogen-bond acceptors (Lipinski definition) is 6. The lowest BCUT2D eigenvalue weighted by Gasteiger charge is -2.11. The van der Waals surface area contributed by atoms with Gasteiger partial charge < -0.3 is 20.9 Å². The van der Waals surface area contributed by atoms with Gasteiger partial charge in [-0.2, -0.15) is 4.98 Å². The fraction of sp³-hybridized carbons (Fsp3) is 0.0556. The number of nitrogen functional groups attached to an aromatic ring is 1. The molecule has 7 nitrogen and oxygen atoms in total. The number of aromatic nitrogens is 2. The van der Waals surface area contributed by atoms with Crippen LogP contribution < -0.4 is 15.8 Å². The maximum absolute atomic E-state index is 10.9. The molecule has 0 spiro atoms. The molecule has 3 aromatic rings. The number of hydrogen-bond donors (Lipinski definition) is 3. The summed E-state index contributed by atoms with van der Waals surface area (Å²) in [6.07, 6.45) is 1.62. The number of ether oxygens (including phenoxy) is 1. The first-order valence-corrected chi connectivity index (χ1v) is 7.45. The van der Waals surface area contributed by atoms with Crippen molar-refractivity contribution in [2.24, 2.45) is 0 Å². The zero-order valence-electron chi connectivity index (χ0n) is 13.8. The van der Waals surface area contributed by atoms with Crippen LogP contribution in [0.5, 0.6) is 5.75 Å². The number of anilines is 3. The van der Waals surface area contributed by atoms with E-state index >= 15 is 0 Å². The minimum absolute atomic E-state index is 0. The van der Waals surface area contributed by atoms with Crippen molar-refractivity contribution in [3.63, 3.8) is 0 Å². The smallest absolute Gasteiger partial charge is 0.335 e. The molecule has 0 saturated carbocycles. The van der Waals surface area contributed by atoms with Crippen molar-refractivity contribution in [3.05, 3.63) is 60.3 Å². The highest BCUT2D eigenvalue weighted by molar-refractivity contribution is 5.88. The van der Waals surface area contributed by atoms with E-state index in [1.165, 1.54) is 12.1 Å². The van der Waals surface area contributed by atoms with Crippen molar-refractivity contribution in [2.75, 3.05) is 18.2 Å². The SMILES string of the molecule is COc1ccccc1-c1cnc(Nc2ccc(C(=O)O)cc2)nc1N.Cl. The van der Waals surface area contributed by atoms with E-state index in [-0.39, 0.29) is 18.0 Å². The fourth-order valence-corrected chi connectivity index (χ4v) is 2.36. The maximum Gasteiger partial charge on any atom is 0.335 e. The van der Waals surface area contributed by atoms with Crippen LogP contribution in [0.4, 0.5) is 17.5 Å². The van der Waals surface area contributed by atoms with Crippen molar-refractivity contribution in [2.45, 2.75) is 0 Å². The van der Waals surface area contributed by atoms with Gasteiger partial charge in [-0.25, -0.2) is 9.78 Å². The van der Waals surface area contributed by atoms with Gasteiger partial charge in [-0.1, -0.05) is 18.2 Å². The van der Waals surface area contributed by atoms with Gasteiger partial charge in [0.1, 0.15) is 11.6 Å². The lowest BCUT2D eigenvalue weighted by Crippen LogP contribution is -2.03. The zero-order valence-corrected chi connectivity index (χ0v) is 14.7. The van der Waals surface area contributed by atoms with Gasteiger partial charge in [0.05, 0.1) is 12.7 Å². The van der Waals surface area contributed by atoms with Crippen LogP contribution in [-0.4, -0.2) is 28.2 Å². The molecule has 3 rings (SSSR count). The molecule has 0 radical (unpaired) electrons. The predicted molar refractivity (Wildman–Crippen MR) is 102 cm³/mol. The standard InChI is InChI=1S/C18H16N4O3.ClH/c1-25-15-5-3-2-4-13(15)14-10-20-18(22-16(14)19)21-12-8-6-11(7-9-12)17(23)24;/h2-10H,1H3,(H,23,24)(H3,19,20,21,22);1H. The number of methoxy groups -OCH3 is 1. The van der Waals surface area contributed by atoms with Gasteiger partial charge in [-0.15, -0.1) is 12.4 Å². The molecule has 0 fully saturated rings. The summed E-state index contributed by atoms with van der Waals surface area (Å²) in [6, 6.07) is 13.7. The van der Waals surface area contributed by atoms with E-state index in [4.69, 9.17) is 15.6 Å². The lowest BCUT2D eigenvalue weighted by atomic mass is 10.1. The van der Waals surface area contributed by atoms with Gasteiger partial charge in [-0.3, -0.25) is 0 Å². The third-order valence-electron chi connectivity index (χ3n) is 3.60. The minimum Gasteiger partial charge on any atom is -0.496 e. The Morgan fingerprint density at radius 1 is 1.12 bits per heavy atom. The summed E-state index contributed by atoms with van der Waals surface area (Å²) in [6.45, 7) is 0. The molecule has 0 atom stereocenters. The van der Waals surface area contributed by atoms with E-state index in [9.17, 15) is 4.79 Å². The molecular formula is C18H17ClN4O3. The van der Waals surface area contributed by atoms with Gasteiger partial charge in [0.15, 0.2) is 0 Å². The second-order valence-corrected chi connectivity index (χ2v) is 5.20. The second kappa shape index (κ2) is 8.17. The van der Waals surface area contributed by atoms with Crippen molar-refractivity contribution >= 4 is 35.8 Å². The number of rotatable bonds is 5. The molecule has 0 aliphatic carbocycles. The van der Waals surface area contributed by atoms with Gasteiger partial charge in [0.25, 0.3) is 0 Å². The highest BCUT2D eigenvalue weighted by atomic mass is 35.5. The Hall–Kier alpha value is -3.32. The monoisotopic (exact) mass is 372 g/mol. The van der Waals surface area contributed by atoms with Gasteiger partial charge >= 0.3 is 5.97 Å². The van der Waals surface area contributed by atoms with Crippen LogP contribution >= 0.6 is 12.4 Å². The molecule has 8 heteroatoms. The van der Waals surface area contributed by atoms with Crippen LogP contribution in [0.3, 0.4) is 0 Å². The maximum atomic E-state index is 10.9. The number of carboxylic acid groups (broad SMARTS) is 1. The zero-order chi connectivity index (χ0) is 17.8. The van der Waals surface area contributed by atoms with Crippen molar-refractivity contribution in [3.8, 4) is 16.9 Å². The van der Waals surface area contributed by atoms with E-state index in [0.717, 1.165) is 5.56 Å². The van der Waals surface area contributed by atoms with Crippen molar-refractivity contribution in [1.82, 2.24) is 9.97 Å². The number of carbonyl (C=O) groups is 1. The number of benzene rings is 2. The summed E-state index contributed by atoms with van der Waals surface area (Å²) in [7, 11) is 1.59. The first-order chi connectivity index (χ1) is 12.1. The Labute approximate surface area is 156 Å². The summed E-state index contributed by atoms with van der Waals surface area (Å²) in [4.78, 5) is 19.4. The van der Waals surface area contributed by atoms with E-state index in [1.54, 1.807) is 25.4 Å². The normalized spacial score (nSPS) is 9.88. The first-order valence-electron chi connectivity index (χ1n) is 7.45. The highest BCUT2D eigenvalue weighted by Gasteiger charge is 2.11. The molecule has 0 saturated heterocycles. The summed E-state index contributed by atoms with van der Waals surface area (Å²) in [5, 5.41) is 11.9. The summed E-state index contributed by atoms with van der Waals surface area (Å²) in [5.74, 6) is 0.333. The molecule has 2 aromatic carbocycles. The number of carboxylic acids is 1. The van der Waals surface area contributed by atoms with E-state index in [1.807, 2.05) is 24.3 Å². The molecule has 0 aliphatic rings. The summed E-state index contributed by atoms with van der Waals surface area (Å²) in [5.41, 5.74) is 8.41. The topological polar surface area (TPSA) is 110 Å². The van der Waals surface area contributed by atoms with Crippen LogP contribution in [0.2, 0.25) is 0 Å². The molecule has 0 bridgehead atoms. The van der Waals surface area contributed by atoms with Gasteiger partial charge in [0.2, 0.25) is 5.95 Å². The molecule has 0 unspecified atom stereocenters. The Morgan fingerprint density at radius 2 is 1.81 bits per heavy atom. The van der Waals surface area contributed by atoms with Crippen molar-refractivity contribution < 1.29 is 14.6 Å². The molecule has 4 N–H and O–H groups in total. The molecule has 1 aromatic heterocycles. The largest absolute Gasteiger partial charge is 0.496 e. The molecule has 0 amide bonds. The number of nitrogens with one attached hydrogen (secondary N) is 1. The number of halogens is 1. The Balaban J connectivity index is 0.00000243. The van der Waals surface area contributed by atoms with Crippen LogP contribution in [0, 0.1) is 0 Å². The Morgan fingerprint density at radius 3 is 2.42 bits per heavy atom. The molecular weight excluding hydrogens is 356 g/mol. The summed E-state index contributed by atoms with van der Waals surface area (Å²) < 4.78 is 5.34. The predicted octanol–water partition coefficient (Wildman–Crippen LogP) is 3.60. The van der Waals surface area contributed by atoms with E-state index < -0.39 is 5.97 Å². The van der Waals surface area contributed by atoms with Crippen LogP contribution in [0.1, 0.15) is 10.4 Å². The van der Waals surface area contributed by atoms with Gasteiger partial charge in [-0.05, 0) is 30.3 Å². The number of nitrogens with zero attached hydrogens (tertiary/aromatic N) is 2. The molecule has 26 heavy (non-hydrogen) atoms. The Bertz CT molecular complexity index is 917. The summed E-state index contributed by atoms with van der Waals surface area (Å²) >= 11 is 0. The third-order valence-corrected chi connectivity index (χ3v) is 3.60. The third kappa shape index (κ3) is 4.01. The van der Waals surface area contributed by atoms with Crippen LogP contribution in [0.25, 0.3) is 11.1 Å². The van der Waals surface area contributed by atoms with Crippen LogP contribution in [0.15, 0.2) is 54.7 Å². The second-order valence-electron chi connectivity index (χ2n) is 5.20. The number of para-hydroxylation sites is 1. The first kappa shape index (κ1) is 19.0. The van der Waals surface area contributed by atoms with Crippen LogP contribution in [-0.2, 0) is 0 Å². The number of aromatic carboxylic acids is 1. The van der Waals surface area contributed by atoms with Crippen molar-refractivity contribution in [1.29, 1.82) is 0 Å². The minimum atomic E-state index is -0.979. The van der Waals surface area contributed by atoms with Gasteiger partial charge in [0, 0.05) is 23.0 Å². The fourth-order valence-electron chi connectivity index (χ4n) is 2.36. The molecule has 1 heterocycles. The average Bonchev–Trinajstić information content (AvgIpc) is 2.62. The highest BCUT2D eigenvalue weighted by Crippen LogP contribution is 2.32. The average molecular weight is 373 g/mol. The number of nitrogens with two attached hydrogens (primary N) is 1. The quantitative estimate of drug-likeness (QED) is 0.627. The lowest BCUT2D eigenvalue weighted by molar-refractivity contribution is 0.0697. The van der Waals surface area contributed by atoms with E-state index in [0.29, 0.717) is 28.8 Å². The molecule has 134 valence electrons. The Kier molecular flexibility index (Phi) is 5.98. The molecule has 0 aliphatic heterocycles.